The molecular formula is C33H27N3O6S. The topological polar surface area (TPSA) is 102 Å². The number of amides is 2. The first kappa shape index (κ1) is 29.2. The SMILES string of the molecule is COc1cccc(/C=C2\C(=O)N(c3ccccc3)C(=S)N(c3ccc(C)c(C)c3)C2=O)c1OCc1ccc([N+](=O)[O-])cc1. The minimum absolute atomic E-state index is 0.0324. The Morgan fingerprint density at radius 3 is 2.14 bits per heavy atom. The second-order valence-corrected chi connectivity index (χ2v) is 10.2. The van der Waals surface area contributed by atoms with E-state index in [1.54, 1.807) is 60.7 Å². The number of non-ortho nitro benzene ring substituents is 1. The fourth-order valence-electron chi connectivity index (χ4n) is 4.61. The fourth-order valence-corrected chi connectivity index (χ4v) is 4.99. The molecule has 1 heterocycles. The lowest BCUT2D eigenvalue weighted by molar-refractivity contribution is -0.384. The summed E-state index contributed by atoms with van der Waals surface area (Å²) >= 11 is 5.74. The first-order valence-electron chi connectivity index (χ1n) is 13.3. The maximum Gasteiger partial charge on any atom is 0.270 e. The average molecular weight is 594 g/mol. The van der Waals surface area contributed by atoms with Gasteiger partial charge in [-0.2, -0.15) is 0 Å². The highest BCUT2D eigenvalue weighted by Gasteiger charge is 2.41. The predicted molar refractivity (Wildman–Crippen MR) is 168 cm³/mol. The molecule has 216 valence electrons. The van der Waals surface area contributed by atoms with Crippen LogP contribution in [0.3, 0.4) is 0 Å². The number of carbonyl (C=O) groups excluding carboxylic acids is 2. The zero-order chi connectivity index (χ0) is 30.7. The van der Waals surface area contributed by atoms with E-state index in [9.17, 15) is 19.7 Å². The van der Waals surface area contributed by atoms with E-state index >= 15 is 0 Å². The van der Waals surface area contributed by atoms with E-state index in [4.69, 9.17) is 21.7 Å². The molecule has 1 aliphatic heterocycles. The number of hydrogen-bond donors (Lipinski definition) is 0. The van der Waals surface area contributed by atoms with Gasteiger partial charge in [0.15, 0.2) is 16.6 Å². The maximum absolute atomic E-state index is 14.1. The number of rotatable bonds is 8. The highest BCUT2D eigenvalue weighted by molar-refractivity contribution is 7.81. The maximum atomic E-state index is 14.1. The van der Waals surface area contributed by atoms with Gasteiger partial charge in [-0.25, -0.2) is 0 Å². The largest absolute Gasteiger partial charge is 0.493 e. The zero-order valence-corrected chi connectivity index (χ0v) is 24.5. The van der Waals surface area contributed by atoms with E-state index in [1.807, 2.05) is 32.0 Å². The van der Waals surface area contributed by atoms with Crippen molar-refractivity contribution >= 4 is 52.3 Å². The van der Waals surface area contributed by atoms with Crippen LogP contribution in [0.1, 0.15) is 22.3 Å². The normalized spacial score (nSPS) is 14.3. The number of nitro groups is 1. The van der Waals surface area contributed by atoms with Crippen LogP contribution in [0.5, 0.6) is 11.5 Å². The van der Waals surface area contributed by atoms with E-state index in [-0.39, 0.29) is 23.0 Å². The molecule has 4 aromatic carbocycles. The van der Waals surface area contributed by atoms with Crippen molar-refractivity contribution in [2.24, 2.45) is 0 Å². The Labute approximate surface area is 253 Å². The molecule has 2 amide bonds. The number of aryl methyl sites for hydroxylation is 2. The molecule has 1 fully saturated rings. The van der Waals surface area contributed by atoms with Gasteiger partial charge in [0, 0.05) is 17.7 Å². The molecule has 4 aromatic rings. The van der Waals surface area contributed by atoms with E-state index in [2.05, 4.69) is 0 Å². The third kappa shape index (κ3) is 5.86. The number of thiocarbonyl (C=S) groups is 1. The van der Waals surface area contributed by atoms with E-state index < -0.39 is 16.7 Å². The molecule has 10 heteroatoms. The van der Waals surface area contributed by atoms with Crippen LogP contribution in [0, 0.1) is 24.0 Å². The average Bonchev–Trinajstić information content (AvgIpc) is 3.01. The molecule has 0 unspecified atom stereocenters. The van der Waals surface area contributed by atoms with Gasteiger partial charge in [-0.15, -0.1) is 0 Å². The second kappa shape index (κ2) is 12.3. The summed E-state index contributed by atoms with van der Waals surface area (Å²) in [5, 5.41) is 11.1. The fraction of sp³-hybridized carbons (Fsp3) is 0.121. The number of carbonyl (C=O) groups is 2. The van der Waals surface area contributed by atoms with Gasteiger partial charge < -0.3 is 9.47 Å². The molecule has 0 spiro atoms. The molecule has 0 aromatic heterocycles. The Kier molecular flexibility index (Phi) is 8.31. The smallest absolute Gasteiger partial charge is 0.270 e. The number of hydrogen-bond acceptors (Lipinski definition) is 7. The second-order valence-electron chi connectivity index (χ2n) is 9.82. The number of nitrogens with zero attached hydrogens (tertiary/aromatic N) is 3. The van der Waals surface area contributed by atoms with Crippen molar-refractivity contribution < 1.29 is 24.0 Å². The molecule has 0 N–H and O–H groups in total. The lowest BCUT2D eigenvalue weighted by Crippen LogP contribution is -2.57. The summed E-state index contributed by atoms with van der Waals surface area (Å²) < 4.78 is 11.7. The minimum Gasteiger partial charge on any atom is -0.493 e. The summed E-state index contributed by atoms with van der Waals surface area (Å²) in [7, 11) is 1.49. The molecule has 0 bridgehead atoms. The van der Waals surface area contributed by atoms with Crippen LogP contribution in [0.25, 0.3) is 6.08 Å². The van der Waals surface area contributed by atoms with E-state index in [0.717, 1.165) is 11.1 Å². The van der Waals surface area contributed by atoms with Crippen molar-refractivity contribution in [2.75, 3.05) is 16.9 Å². The minimum atomic E-state index is -0.578. The van der Waals surface area contributed by atoms with Crippen molar-refractivity contribution in [2.45, 2.75) is 20.5 Å². The van der Waals surface area contributed by atoms with Gasteiger partial charge in [0.05, 0.1) is 23.4 Å². The summed E-state index contributed by atoms with van der Waals surface area (Å²) in [5.74, 6) is -0.470. The molecule has 0 saturated carbocycles. The van der Waals surface area contributed by atoms with Crippen LogP contribution in [-0.4, -0.2) is 29.0 Å². The molecule has 0 radical (unpaired) electrons. The van der Waals surface area contributed by atoms with Gasteiger partial charge in [-0.05, 0) is 91.3 Å². The summed E-state index contributed by atoms with van der Waals surface area (Å²) in [6, 6.07) is 25.6. The number of anilines is 2. The lowest BCUT2D eigenvalue weighted by Gasteiger charge is -2.36. The Morgan fingerprint density at radius 2 is 1.51 bits per heavy atom. The standard InChI is InChI=1S/C33H27N3O6S/c1-21-12-15-27(18-22(21)2)35-32(38)28(31(37)34(33(35)43)25-9-5-4-6-10-25)19-24-8-7-11-29(41-3)30(24)42-20-23-13-16-26(17-14-23)36(39)40/h4-19H,20H2,1-3H3/b28-19+. The molecule has 1 aliphatic rings. The quantitative estimate of drug-likeness (QED) is 0.0751. The van der Waals surface area contributed by atoms with Gasteiger partial charge in [0.2, 0.25) is 0 Å². The molecule has 9 nitrogen and oxygen atoms in total. The van der Waals surface area contributed by atoms with E-state index in [1.165, 1.54) is 35.1 Å². The first-order chi connectivity index (χ1) is 20.7. The lowest BCUT2D eigenvalue weighted by atomic mass is 10.0. The third-order valence-electron chi connectivity index (χ3n) is 7.07. The summed E-state index contributed by atoms with van der Waals surface area (Å²) in [6.07, 6.45) is 1.48. The van der Waals surface area contributed by atoms with Crippen molar-refractivity contribution in [3.05, 3.63) is 129 Å². The zero-order valence-electron chi connectivity index (χ0n) is 23.6. The van der Waals surface area contributed by atoms with E-state index in [0.29, 0.717) is 34.0 Å². The molecule has 1 saturated heterocycles. The highest BCUT2D eigenvalue weighted by atomic mass is 32.1. The van der Waals surface area contributed by atoms with Crippen LogP contribution >= 0.6 is 12.2 Å². The molecule has 43 heavy (non-hydrogen) atoms. The monoisotopic (exact) mass is 593 g/mol. The number of methoxy groups -OCH3 is 1. The Hall–Kier alpha value is -5.35. The Morgan fingerprint density at radius 1 is 0.837 bits per heavy atom. The van der Waals surface area contributed by atoms with Gasteiger partial charge >= 0.3 is 0 Å². The van der Waals surface area contributed by atoms with Crippen molar-refractivity contribution in [1.29, 1.82) is 0 Å². The van der Waals surface area contributed by atoms with Gasteiger partial charge in [-0.1, -0.05) is 36.4 Å². The van der Waals surface area contributed by atoms with Crippen LogP contribution in [0.2, 0.25) is 0 Å². The summed E-state index contributed by atoms with van der Waals surface area (Å²) in [4.78, 5) is 41.3. The summed E-state index contributed by atoms with van der Waals surface area (Å²) in [6.45, 7) is 3.98. The molecular weight excluding hydrogens is 566 g/mol. The molecule has 0 aliphatic carbocycles. The highest BCUT2D eigenvalue weighted by Crippen LogP contribution is 2.36. The van der Waals surface area contributed by atoms with Crippen LogP contribution in [-0.2, 0) is 16.2 Å². The molecule has 5 rings (SSSR count). The van der Waals surface area contributed by atoms with Crippen LogP contribution in [0.4, 0.5) is 17.1 Å². The van der Waals surface area contributed by atoms with Crippen molar-refractivity contribution in [3.63, 3.8) is 0 Å². The van der Waals surface area contributed by atoms with Gasteiger partial charge in [0.1, 0.15) is 12.2 Å². The number of ether oxygens (including phenoxy) is 2. The van der Waals surface area contributed by atoms with Gasteiger partial charge in [-0.3, -0.25) is 29.5 Å². The van der Waals surface area contributed by atoms with Gasteiger partial charge in [0.25, 0.3) is 17.5 Å². The Bertz CT molecular complexity index is 1770. The number of para-hydroxylation sites is 2. The third-order valence-corrected chi connectivity index (χ3v) is 7.44. The van der Waals surface area contributed by atoms with Crippen molar-refractivity contribution in [3.8, 4) is 11.5 Å². The Balaban J connectivity index is 1.58. The molecule has 0 atom stereocenters. The van der Waals surface area contributed by atoms with Crippen molar-refractivity contribution in [1.82, 2.24) is 0 Å². The van der Waals surface area contributed by atoms with Crippen LogP contribution in [0.15, 0.2) is 96.6 Å². The van der Waals surface area contributed by atoms with Crippen LogP contribution < -0.4 is 19.3 Å². The predicted octanol–water partition coefficient (Wildman–Crippen LogP) is 6.55. The number of nitro benzene ring substituents is 1. The number of benzene rings is 4. The first-order valence-corrected chi connectivity index (χ1v) is 13.7. The summed E-state index contributed by atoms with van der Waals surface area (Å²) in [5.41, 5.74) is 4.04.